The number of nitrogens with one attached hydrogen (secondary N) is 1. The minimum absolute atomic E-state index is 0.0674. The summed E-state index contributed by atoms with van der Waals surface area (Å²) in [5.41, 5.74) is 3.41. The van der Waals surface area contributed by atoms with E-state index in [-0.39, 0.29) is 30.9 Å². The number of carboxylic acids is 1. The highest BCUT2D eigenvalue weighted by Crippen LogP contribution is 2.44. The molecule has 1 aliphatic carbocycles. The number of rotatable bonds is 7. The van der Waals surface area contributed by atoms with Crippen LogP contribution in [0.1, 0.15) is 50.7 Å². The average molecular weight is 465 g/mol. The quantitative estimate of drug-likeness (QED) is 0.638. The number of carbonyl (C=O) groups excluding carboxylic acids is 2. The van der Waals surface area contributed by atoms with Crippen molar-refractivity contribution in [3.8, 4) is 11.1 Å². The third kappa shape index (κ3) is 4.15. The van der Waals surface area contributed by atoms with Crippen LogP contribution >= 0.6 is 0 Å². The zero-order valence-corrected chi connectivity index (χ0v) is 19.9. The molecule has 180 valence electrons. The van der Waals surface area contributed by atoms with Crippen LogP contribution in [0.5, 0.6) is 0 Å². The fraction of sp³-hybridized carbons (Fsp3) is 0.444. The van der Waals surface area contributed by atoms with E-state index in [2.05, 4.69) is 29.6 Å². The van der Waals surface area contributed by atoms with E-state index >= 15 is 0 Å². The van der Waals surface area contributed by atoms with E-state index < -0.39 is 23.5 Å². The van der Waals surface area contributed by atoms with Crippen molar-refractivity contribution in [3.05, 3.63) is 59.7 Å². The number of amides is 2. The standard InChI is InChI=1S/C27H32N2O5/c1-4-27(5-2,25(32)29-14-17(3)22(15-29)24(30)31)28-26(33)34-16-23-20-12-8-6-10-18(20)19-11-7-9-13-21(19)23/h6-13,17,22-23H,4-5,14-16H2,1-3H3,(H,28,33)(H,30,31). The summed E-state index contributed by atoms with van der Waals surface area (Å²) in [6.07, 6.45) is 0.130. The van der Waals surface area contributed by atoms with Gasteiger partial charge < -0.3 is 20.1 Å². The van der Waals surface area contributed by atoms with Crippen LogP contribution in [0.2, 0.25) is 0 Å². The van der Waals surface area contributed by atoms with Gasteiger partial charge in [-0.1, -0.05) is 69.3 Å². The van der Waals surface area contributed by atoms with Crippen LogP contribution in [0.4, 0.5) is 4.79 Å². The van der Waals surface area contributed by atoms with Crippen LogP contribution in [0, 0.1) is 11.8 Å². The van der Waals surface area contributed by atoms with Gasteiger partial charge in [0.05, 0.1) is 5.92 Å². The third-order valence-electron chi connectivity index (χ3n) is 7.52. The summed E-state index contributed by atoms with van der Waals surface area (Å²) >= 11 is 0. The van der Waals surface area contributed by atoms with Crippen molar-refractivity contribution in [2.75, 3.05) is 19.7 Å². The van der Waals surface area contributed by atoms with Crippen LogP contribution in [-0.2, 0) is 14.3 Å². The molecule has 7 nitrogen and oxygen atoms in total. The van der Waals surface area contributed by atoms with E-state index in [9.17, 15) is 19.5 Å². The molecule has 2 aliphatic rings. The molecule has 34 heavy (non-hydrogen) atoms. The molecule has 2 aromatic rings. The first-order valence-corrected chi connectivity index (χ1v) is 12.0. The van der Waals surface area contributed by atoms with Gasteiger partial charge in [0, 0.05) is 19.0 Å². The lowest BCUT2D eigenvalue weighted by Crippen LogP contribution is -2.59. The van der Waals surface area contributed by atoms with E-state index in [1.807, 2.05) is 45.0 Å². The van der Waals surface area contributed by atoms with Crippen LogP contribution in [0.3, 0.4) is 0 Å². The average Bonchev–Trinajstić information content (AvgIpc) is 3.39. The highest BCUT2D eigenvalue weighted by molar-refractivity contribution is 5.91. The van der Waals surface area contributed by atoms with Crippen molar-refractivity contribution in [2.24, 2.45) is 11.8 Å². The van der Waals surface area contributed by atoms with Crippen molar-refractivity contribution in [3.63, 3.8) is 0 Å². The van der Waals surface area contributed by atoms with Gasteiger partial charge in [0.15, 0.2) is 0 Å². The maximum Gasteiger partial charge on any atom is 0.408 e. The first-order valence-electron chi connectivity index (χ1n) is 12.0. The summed E-state index contributed by atoms with van der Waals surface area (Å²) in [5.74, 6) is -1.94. The summed E-state index contributed by atoms with van der Waals surface area (Å²) in [7, 11) is 0. The molecule has 0 aromatic heterocycles. The van der Waals surface area contributed by atoms with Gasteiger partial charge in [0.1, 0.15) is 12.1 Å². The molecule has 7 heteroatoms. The van der Waals surface area contributed by atoms with Crippen LogP contribution < -0.4 is 5.32 Å². The molecule has 2 N–H and O–H groups in total. The summed E-state index contributed by atoms with van der Waals surface area (Å²) in [6.45, 7) is 6.22. The Morgan fingerprint density at radius 3 is 2.06 bits per heavy atom. The number of aliphatic carboxylic acids is 1. The number of hydrogen-bond acceptors (Lipinski definition) is 4. The second-order valence-electron chi connectivity index (χ2n) is 9.37. The number of hydrogen-bond donors (Lipinski definition) is 2. The number of ether oxygens (including phenoxy) is 1. The number of carboxylic acid groups (broad SMARTS) is 1. The lowest BCUT2D eigenvalue weighted by atomic mass is 9.91. The van der Waals surface area contributed by atoms with Gasteiger partial charge in [0.25, 0.3) is 0 Å². The van der Waals surface area contributed by atoms with E-state index in [1.165, 1.54) is 0 Å². The molecule has 2 aromatic carbocycles. The maximum atomic E-state index is 13.4. The van der Waals surface area contributed by atoms with Gasteiger partial charge in [-0.3, -0.25) is 9.59 Å². The van der Waals surface area contributed by atoms with Crippen molar-refractivity contribution in [1.29, 1.82) is 0 Å². The number of fused-ring (bicyclic) bond motifs is 3. The van der Waals surface area contributed by atoms with E-state index in [0.717, 1.165) is 22.3 Å². The maximum absolute atomic E-state index is 13.4. The van der Waals surface area contributed by atoms with Gasteiger partial charge in [-0.2, -0.15) is 0 Å². The van der Waals surface area contributed by atoms with Gasteiger partial charge in [0.2, 0.25) is 5.91 Å². The fourth-order valence-corrected chi connectivity index (χ4v) is 5.37. The van der Waals surface area contributed by atoms with E-state index in [1.54, 1.807) is 4.90 Å². The number of benzene rings is 2. The molecule has 2 amide bonds. The molecule has 0 bridgehead atoms. The number of likely N-dealkylation sites (tertiary alicyclic amines) is 1. The predicted molar refractivity (Wildman–Crippen MR) is 128 cm³/mol. The normalized spacial score (nSPS) is 19.4. The molecule has 0 saturated carbocycles. The molecule has 2 atom stereocenters. The molecule has 0 radical (unpaired) electrons. The summed E-state index contributed by atoms with van der Waals surface area (Å²) in [4.78, 5) is 39.4. The Morgan fingerprint density at radius 2 is 1.56 bits per heavy atom. The molecule has 0 spiro atoms. The molecule has 4 rings (SSSR count). The molecule has 1 heterocycles. The first kappa shape index (κ1) is 23.8. The Labute approximate surface area is 200 Å². The van der Waals surface area contributed by atoms with Crippen molar-refractivity contribution in [2.45, 2.75) is 45.1 Å². The van der Waals surface area contributed by atoms with E-state index in [0.29, 0.717) is 19.4 Å². The molecule has 1 saturated heterocycles. The Kier molecular flexibility index (Phi) is 6.64. The van der Waals surface area contributed by atoms with Crippen molar-refractivity contribution in [1.82, 2.24) is 10.2 Å². The van der Waals surface area contributed by atoms with Gasteiger partial charge in [-0.05, 0) is 41.0 Å². The predicted octanol–water partition coefficient (Wildman–Crippen LogP) is 4.26. The molecular formula is C27H32N2O5. The Balaban J connectivity index is 1.46. The minimum atomic E-state index is -1.13. The van der Waals surface area contributed by atoms with Crippen molar-refractivity contribution >= 4 is 18.0 Å². The second-order valence-corrected chi connectivity index (χ2v) is 9.37. The zero-order valence-electron chi connectivity index (χ0n) is 19.9. The molecular weight excluding hydrogens is 432 g/mol. The topological polar surface area (TPSA) is 95.9 Å². The Bertz CT molecular complexity index is 1050. The summed E-state index contributed by atoms with van der Waals surface area (Å²) < 4.78 is 5.68. The highest BCUT2D eigenvalue weighted by Gasteiger charge is 2.45. The minimum Gasteiger partial charge on any atom is -0.481 e. The Morgan fingerprint density at radius 1 is 1.00 bits per heavy atom. The second kappa shape index (κ2) is 9.49. The SMILES string of the molecule is CCC(CC)(NC(=O)OCC1c2ccccc2-c2ccccc21)C(=O)N1CC(C)C(C(=O)O)C1. The fourth-order valence-electron chi connectivity index (χ4n) is 5.37. The first-order chi connectivity index (χ1) is 16.3. The van der Waals surface area contributed by atoms with E-state index in [4.69, 9.17) is 4.74 Å². The third-order valence-corrected chi connectivity index (χ3v) is 7.52. The zero-order chi connectivity index (χ0) is 24.5. The van der Waals surface area contributed by atoms with Gasteiger partial charge in [-0.15, -0.1) is 0 Å². The van der Waals surface area contributed by atoms with Gasteiger partial charge >= 0.3 is 12.1 Å². The summed E-state index contributed by atoms with van der Waals surface area (Å²) in [6, 6.07) is 16.2. The van der Waals surface area contributed by atoms with Crippen LogP contribution in [0.15, 0.2) is 48.5 Å². The lowest BCUT2D eigenvalue weighted by Gasteiger charge is -2.35. The van der Waals surface area contributed by atoms with Crippen LogP contribution in [-0.4, -0.2) is 53.2 Å². The lowest BCUT2D eigenvalue weighted by molar-refractivity contribution is -0.142. The molecule has 1 fully saturated rings. The largest absolute Gasteiger partial charge is 0.481 e. The highest BCUT2D eigenvalue weighted by atomic mass is 16.5. The number of nitrogens with zero attached hydrogens (tertiary/aromatic N) is 1. The summed E-state index contributed by atoms with van der Waals surface area (Å²) in [5, 5.41) is 12.3. The number of carbonyl (C=O) groups is 3. The Hall–Kier alpha value is -3.35. The monoisotopic (exact) mass is 464 g/mol. The van der Waals surface area contributed by atoms with Crippen molar-refractivity contribution < 1.29 is 24.2 Å². The van der Waals surface area contributed by atoms with Gasteiger partial charge in [-0.25, -0.2) is 4.79 Å². The van der Waals surface area contributed by atoms with Crippen LogP contribution in [0.25, 0.3) is 11.1 Å². The molecule has 1 aliphatic heterocycles. The number of alkyl carbamates (subject to hydrolysis) is 1. The molecule has 2 unspecified atom stereocenters. The smallest absolute Gasteiger partial charge is 0.408 e.